The Balaban J connectivity index is 2.27. The first-order chi connectivity index (χ1) is 8.22. The normalized spacial score (nSPS) is 8.94. The number of hydrogen-bond acceptors (Lipinski definition) is 2. The van der Waals surface area contributed by atoms with Gasteiger partial charge in [-0.25, -0.2) is 0 Å². The number of para-hydroxylation sites is 1. The van der Waals surface area contributed by atoms with Gasteiger partial charge in [0, 0.05) is 18.7 Å². The third-order valence-electron chi connectivity index (χ3n) is 1.89. The van der Waals surface area contributed by atoms with Crippen LogP contribution in [0.3, 0.4) is 0 Å². The Morgan fingerprint density at radius 1 is 1.41 bits per heavy atom. The van der Waals surface area contributed by atoms with Gasteiger partial charge >= 0.3 is 6.21 Å². The minimum absolute atomic E-state index is 0.223. The molecule has 1 aromatic carbocycles. The van der Waals surface area contributed by atoms with Crippen LogP contribution in [0.1, 0.15) is 6.42 Å². The molecule has 0 aliphatic carbocycles. The van der Waals surface area contributed by atoms with Gasteiger partial charge in [-0.15, -0.1) is 0 Å². The van der Waals surface area contributed by atoms with Crippen LogP contribution in [0.15, 0.2) is 30.3 Å². The molecule has 0 atom stereocenters. The lowest BCUT2D eigenvalue weighted by atomic mass is 10.3. The lowest BCUT2D eigenvalue weighted by molar-refractivity contribution is -0.115. The number of Topliss-reactive ketones (excluding diaryl/α,β-unsaturated/α-hetero) is 1. The topological polar surface area (TPSA) is 77.5 Å². The number of hydrogen-bond donors (Lipinski definition) is 2. The van der Waals surface area contributed by atoms with E-state index in [9.17, 15) is 4.79 Å². The van der Waals surface area contributed by atoms with Crippen molar-refractivity contribution in [1.29, 1.82) is 0 Å². The highest BCUT2D eigenvalue weighted by atomic mass is 32.1. The number of anilines is 1. The molecule has 6 heteroatoms. The van der Waals surface area contributed by atoms with Gasteiger partial charge < -0.3 is 16.2 Å². The fourth-order valence-electron chi connectivity index (χ4n) is 1.12. The van der Waals surface area contributed by atoms with E-state index in [0.717, 1.165) is 11.9 Å². The third-order valence-corrected chi connectivity index (χ3v) is 2.14. The van der Waals surface area contributed by atoms with Crippen LogP contribution in [-0.4, -0.2) is 28.4 Å². The van der Waals surface area contributed by atoms with Crippen LogP contribution in [0.2, 0.25) is 0 Å². The number of nitrogens with one attached hydrogen (secondary N) is 2. The second-order valence-corrected chi connectivity index (χ2v) is 3.62. The zero-order chi connectivity index (χ0) is 12.5. The van der Waals surface area contributed by atoms with E-state index in [1.807, 2.05) is 30.3 Å². The quantitative estimate of drug-likeness (QED) is 0.355. The predicted molar refractivity (Wildman–Crippen MR) is 70.0 cm³/mol. The summed E-state index contributed by atoms with van der Waals surface area (Å²) in [6.07, 6.45) is 1.09. The SMILES string of the molecule is [N-]=[N+]=CC(=O)CCNC(=S)Nc1ccccc1. The van der Waals surface area contributed by atoms with E-state index in [2.05, 4.69) is 15.4 Å². The van der Waals surface area contributed by atoms with E-state index in [1.54, 1.807) is 0 Å². The molecule has 1 rings (SSSR count). The molecule has 0 fully saturated rings. The molecule has 0 radical (unpaired) electrons. The fraction of sp³-hybridized carbons (Fsp3) is 0.182. The Morgan fingerprint density at radius 2 is 2.12 bits per heavy atom. The molecule has 5 nitrogen and oxygen atoms in total. The van der Waals surface area contributed by atoms with E-state index in [1.165, 1.54) is 0 Å². The molecule has 0 spiro atoms. The maximum absolute atomic E-state index is 11.0. The predicted octanol–water partition coefficient (Wildman–Crippen LogP) is 1.23. The van der Waals surface area contributed by atoms with Gasteiger partial charge in [0.05, 0.1) is 0 Å². The average molecular weight is 248 g/mol. The van der Waals surface area contributed by atoms with E-state index in [0.29, 0.717) is 11.7 Å². The Kier molecular flexibility index (Phi) is 5.57. The van der Waals surface area contributed by atoms with E-state index in [-0.39, 0.29) is 12.2 Å². The number of nitrogens with zero attached hydrogens (tertiary/aromatic N) is 2. The summed E-state index contributed by atoms with van der Waals surface area (Å²) in [5.74, 6) is -0.262. The maximum Gasteiger partial charge on any atom is 0.323 e. The standard InChI is InChI=1S/C11H12N4OS/c12-14-8-10(16)6-7-13-11(17)15-9-4-2-1-3-5-9/h1-5,8H,6-7H2,(H2,13,15,17). The Morgan fingerprint density at radius 3 is 2.76 bits per heavy atom. The highest BCUT2D eigenvalue weighted by molar-refractivity contribution is 7.80. The van der Waals surface area contributed by atoms with Crippen molar-refractivity contribution < 1.29 is 9.58 Å². The van der Waals surface area contributed by atoms with Crippen LogP contribution >= 0.6 is 12.2 Å². The Hall–Kier alpha value is -2.04. The number of rotatable bonds is 5. The molecule has 0 heterocycles. The minimum atomic E-state index is -0.262. The first-order valence-corrected chi connectivity index (χ1v) is 5.43. The van der Waals surface area contributed by atoms with Gasteiger partial charge in [-0.05, 0) is 24.4 Å². The highest BCUT2D eigenvalue weighted by Gasteiger charge is 2.02. The summed E-state index contributed by atoms with van der Waals surface area (Å²) in [6, 6.07) is 9.47. The van der Waals surface area contributed by atoms with Crippen molar-refractivity contribution in [3.63, 3.8) is 0 Å². The maximum atomic E-state index is 11.0. The molecule has 0 amide bonds. The Bertz CT molecular complexity index is 440. The van der Waals surface area contributed by atoms with Crippen LogP contribution in [0.5, 0.6) is 0 Å². The van der Waals surface area contributed by atoms with E-state index < -0.39 is 0 Å². The number of carbonyl (C=O) groups is 1. The monoisotopic (exact) mass is 248 g/mol. The first kappa shape index (κ1) is 13.0. The van der Waals surface area contributed by atoms with Gasteiger partial charge in [-0.3, -0.25) is 4.79 Å². The molecule has 0 aliphatic heterocycles. The van der Waals surface area contributed by atoms with Crippen molar-refractivity contribution >= 4 is 35.0 Å². The second kappa shape index (κ2) is 7.27. The van der Waals surface area contributed by atoms with Crippen molar-refractivity contribution in [2.24, 2.45) is 0 Å². The number of thiocarbonyl (C=S) groups is 1. The third kappa shape index (κ3) is 5.55. The van der Waals surface area contributed by atoms with Crippen molar-refractivity contribution in [3.8, 4) is 0 Å². The summed E-state index contributed by atoms with van der Waals surface area (Å²) in [6.45, 7) is 0.392. The van der Waals surface area contributed by atoms with Crippen LogP contribution < -0.4 is 10.6 Å². The number of benzene rings is 1. The molecule has 2 N–H and O–H groups in total. The first-order valence-electron chi connectivity index (χ1n) is 5.02. The average Bonchev–Trinajstić information content (AvgIpc) is 2.30. The molecule has 17 heavy (non-hydrogen) atoms. The van der Waals surface area contributed by atoms with Crippen LogP contribution in [0, 0.1) is 0 Å². The summed E-state index contributed by atoms with van der Waals surface area (Å²) in [7, 11) is 0. The van der Waals surface area contributed by atoms with Crippen LogP contribution in [0.25, 0.3) is 5.53 Å². The zero-order valence-corrected chi connectivity index (χ0v) is 9.91. The molecule has 88 valence electrons. The van der Waals surface area contributed by atoms with Gasteiger partial charge in [0.2, 0.25) is 5.78 Å². The van der Waals surface area contributed by atoms with Crippen molar-refractivity contribution in [1.82, 2.24) is 5.32 Å². The molecule has 0 aromatic heterocycles. The second-order valence-electron chi connectivity index (χ2n) is 3.21. The molecule has 0 saturated heterocycles. The molecule has 1 aromatic rings. The Labute approximate surface area is 104 Å². The lowest BCUT2D eigenvalue weighted by Gasteiger charge is -2.08. The van der Waals surface area contributed by atoms with Gasteiger partial charge in [0.1, 0.15) is 0 Å². The van der Waals surface area contributed by atoms with E-state index in [4.69, 9.17) is 17.7 Å². The van der Waals surface area contributed by atoms with Crippen molar-refractivity contribution in [2.45, 2.75) is 6.42 Å². The summed E-state index contributed by atoms with van der Waals surface area (Å²) < 4.78 is 0. The van der Waals surface area contributed by atoms with Crippen LogP contribution in [0.4, 0.5) is 5.69 Å². The lowest BCUT2D eigenvalue weighted by Crippen LogP contribution is -2.30. The zero-order valence-electron chi connectivity index (χ0n) is 9.09. The molecule has 0 unspecified atom stereocenters. The molecule has 0 bridgehead atoms. The smallest absolute Gasteiger partial charge is 0.323 e. The molecule has 0 aliphatic rings. The number of carbonyl (C=O) groups excluding carboxylic acids is 1. The van der Waals surface area contributed by atoms with Crippen LogP contribution in [-0.2, 0) is 4.79 Å². The fourth-order valence-corrected chi connectivity index (χ4v) is 1.34. The summed E-state index contributed by atoms with van der Waals surface area (Å²) in [5, 5.41) is 6.30. The molecular formula is C11H12N4OS. The van der Waals surface area contributed by atoms with Crippen molar-refractivity contribution in [3.05, 3.63) is 35.9 Å². The summed E-state index contributed by atoms with van der Waals surface area (Å²) in [5.41, 5.74) is 9.01. The highest BCUT2D eigenvalue weighted by Crippen LogP contribution is 2.04. The van der Waals surface area contributed by atoms with Gasteiger partial charge in [0.25, 0.3) is 0 Å². The van der Waals surface area contributed by atoms with Gasteiger partial charge in [-0.1, -0.05) is 18.2 Å². The largest absolute Gasteiger partial charge is 0.362 e. The van der Waals surface area contributed by atoms with Gasteiger partial charge in [0.15, 0.2) is 5.11 Å². The summed E-state index contributed by atoms with van der Waals surface area (Å²) in [4.78, 5) is 13.6. The minimum Gasteiger partial charge on any atom is -0.362 e. The van der Waals surface area contributed by atoms with Gasteiger partial charge in [-0.2, -0.15) is 4.79 Å². The number of ketones is 1. The van der Waals surface area contributed by atoms with Crippen molar-refractivity contribution in [2.75, 3.05) is 11.9 Å². The van der Waals surface area contributed by atoms with E-state index >= 15 is 0 Å². The molecule has 0 saturated carbocycles. The molecular weight excluding hydrogens is 236 g/mol. The summed E-state index contributed by atoms with van der Waals surface area (Å²) >= 11 is 5.04.